The van der Waals surface area contributed by atoms with Gasteiger partial charge in [0.05, 0.1) is 16.8 Å². The van der Waals surface area contributed by atoms with E-state index in [4.69, 9.17) is 4.98 Å². The third kappa shape index (κ3) is 4.53. The van der Waals surface area contributed by atoms with Crippen LogP contribution in [-0.4, -0.2) is 38.7 Å². The van der Waals surface area contributed by atoms with E-state index in [0.717, 1.165) is 46.7 Å². The number of para-hydroxylation sites is 2. The van der Waals surface area contributed by atoms with Gasteiger partial charge >= 0.3 is 0 Å². The fourth-order valence-corrected chi connectivity index (χ4v) is 6.33. The van der Waals surface area contributed by atoms with Gasteiger partial charge in [0.15, 0.2) is 5.16 Å². The first kappa shape index (κ1) is 22.8. The molecule has 0 fully saturated rings. The first-order chi connectivity index (χ1) is 16.5. The molecule has 0 radical (unpaired) electrons. The lowest BCUT2D eigenvalue weighted by Gasteiger charge is -2.30. The molecule has 2 aromatic carbocycles. The minimum Gasteiger partial charge on any atom is -0.325 e. The molecule has 6 nitrogen and oxygen atoms in total. The van der Waals surface area contributed by atoms with Crippen LogP contribution in [0.4, 0.5) is 5.69 Å². The highest BCUT2D eigenvalue weighted by atomic mass is 32.2. The van der Waals surface area contributed by atoms with E-state index in [1.165, 1.54) is 16.6 Å². The number of fused-ring (bicyclic) bond motifs is 3. The molecule has 2 aromatic heterocycles. The largest absolute Gasteiger partial charge is 0.325 e. The van der Waals surface area contributed by atoms with E-state index in [9.17, 15) is 9.59 Å². The van der Waals surface area contributed by atoms with Gasteiger partial charge in [-0.15, -0.1) is 11.3 Å². The molecule has 174 valence electrons. The van der Waals surface area contributed by atoms with Gasteiger partial charge in [-0.2, -0.15) is 0 Å². The molecule has 0 bridgehead atoms. The van der Waals surface area contributed by atoms with E-state index in [1.54, 1.807) is 15.9 Å². The van der Waals surface area contributed by atoms with Gasteiger partial charge in [-0.05, 0) is 50.1 Å². The Morgan fingerprint density at radius 2 is 1.82 bits per heavy atom. The summed E-state index contributed by atoms with van der Waals surface area (Å²) in [6, 6.07) is 19.4. The van der Waals surface area contributed by atoms with Crippen LogP contribution in [0.5, 0.6) is 0 Å². The summed E-state index contributed by atoms with van der Waals surface area (Å²) in [4.78, 5) is 35.8. The maximum absolute atomic E-state index is 13.8. The number of rotatable bonds is 6. The van der Waals surface area contributed by atoms with E-state index in [2.05, 4.69) is 24.1 Å². The number of thiophene rings is 1. The van der Waals surface area contributed by atoms with Gasteiger partial charge in [-0.1, -0.05) is 48.2 Å². The maximum Gasteiger partial charge on any atom is 0.267 e. The first-order valence-electron chi connectivity index (χ1n) is 11.4. The summed E-state index contributed by atoms with van der Waals surface area (Å²) in [5, 5.41) is 4.16. The molecule has 34 heavy (non-hydrogen) atoms. The maximum atomic E-state index is 13.8. The zero-order valence-electron chi connectivity index (χ0n) is 19.2. The number of thioether (sulfide) groups is 1. The average Bonchev–Trinajstić information content (AvgIpc) is 3.22. The minimum absolute atomic E-state index is 0.0577. The number of benzene rings is 2. The lowest BCUT2D eigenvalue weighted by Crippen LogP contribution is -2.35. The number of hydrogen-bond acceptors (Lipinski definition) is 6. The van der Waals surface area contributed by atoms with Crippen molar-refractivity contribution in [3.63, 3.8) is 0 Å². The summed E-state index contributed by atoms with van der Waals surface area (Å²) in [6.07, 6.45) is 0.852. The molecule has 0 saturated heterocycles. The summed E-state index contributed by atoms with van der Waals surface area (Å²) in [6.45, 7) is 6.20. The molecule has 3 heterocycles. The van der Waals surface area contributed by atoms with Crippen molar-refractivity contribution >= 4 is 44.9 Å². The quantitative estimate of drug-likeness (QED) is 0.306. The molecular formula is C26H26N4O2S2. The van der Waals surface area contributed by atoms with Gasteiger partial charge in [0.25, 0.3) is 5.56 Å². The van der Waals surface area contributed by atoms with Crippen LogP contribution in [0, 0.1) is 0 Å². The third-order valence-electron chi connectivity index (χ3n) is 6.01. The highest BCUT2D eigenvalue weighted by Crippen LogP contribution is 2.34. The number of hydrogen-bond donors (Lipinski definition) is 1. The monoisotopic (exact) mass is 490 g/mol. The van der Waals surface area contributed by atoms with E-state index in [0.29, 0.717) is 11.2 Å². The highest BCUT2D eigenvalue weighted by molar-refractivity contribution is 7.99. The fraction of sp³-hybridized carbons (Fsp3) is 0.269. The Morgan fingerprint density at radius 3 is 2.53 bits per heavy atom. The summed E-state index contributed by atoms with van der Waals surface area (Å²) >= 11 is 2.90. The van der Waals surface area contributed by atoms with Gasteiger partial charge in [-0.25, -0.2) is 4.98 Å². The SMILES string of the molecule is CC(C)N1CCc2c(sc3nc(SCC(=O)Nc4ccccc4)n(-c4ccccc4)c(=O)c23)C1. The second-order valence-corrected chi connectivity index (χ2v) is 10.6. The topological polar surface area (TPSA) is 67.2 Å². The van der Waals surface area contributed by atoms with Crippen LogP contribution in [0.3, 0.4) is 0 Å². The predicted octanol–water partition coefficient (Wildman–Crippen LogP) is 4.94. The number of nitrogens with one attached hydrogen (secondary N) is 1. The number of amides is 1. The van der Waals surface area contributed by atoms with E-state index in [-0.39, 0.29) is 17.2 Å². The molecule has 1 N–H and O–H groups in total. The van der Waals surface area contributed by atoms with Crippen LogP contribution in [0.1, 0.15) is 24.3 Å². The van der Waals surface area contributed by atoms with Gasteiger partial charge in [0.1, 0.15) is 4.83 Å². The Kier molecular flexibility index (Phi) is 6.54. The third-order valence-corrected chi connectivity index (χ3v) is 8.06. The molecule has 0 atom stereocenters. The summed E-state index contributed by atoms with van der Waals surface area (Å²) in [5.41, 5.74) is 2.58. The molecule has 1 aliphatic heterocycles. The Bertz CT molecular complexity index is 1380. The van der Waals surface area contributed by atoms with Crippen LogP contribution in [0.2, 0.25) is 0 Å². The van der Waals surface area contributed by atoms with Crippen LogP contribution < -0.4 is 10.9 Å². The van der Waals surface area contributed by atoms with Gasteiger partial charge < -0.3 is 5.32 Å². The Balaban J connectivity index is 1.52. The van der Waals surface area contributed by atoms with Crippen LogP contribution in [0.25, 0.3) is 15.9 Å². The zero-order valence-corrected chi connectivity index (χ0v) is 20.8. The van der Waals surface area contributed by atoms with Crippen molar-refractivity contribution < 1.29 is 4.79 Å². The Labute approximate surface area is 206 Å². The second-order valence-electron chi connectivity index (χ2n) is 8.57. The van der Waals surface area contributed by atoms with Gasteiger partial charge in [0.2, 0.25) is 5.91 Å². The molecule has 8 heteroatoms. The number of aromatic nitrogens is 2. The molecule has 0 saturated carbocycles. The molecule has 1 amide bonds. The molecule has 5 rings (SSSR count). The lowest BCUT2D eigenvalue weighted by molar-refractivity contribution is -0.113. The van der Waals surface area contributed by atoms with Crippen molar-refractivity contribution in [1.29, 1.82) is 0 Å². The van der Waals surface area contributed by atoms with Crippen molar-refractivity contribution in [2.24, 2.45) is 0 Å². The number of anilines is 1. The van der Waals surface area contributed by atoms with E-state index in [1.807, 2.05) is 60.7 Å². The second kappa shape index (κ2) is 9.74. The van der Waals surface area contributed by atoms with Crippen molar-refractivity contribution in [2.75, 3.05) is 17.6 Å². The number of carbonyl (C=O) groups excluding carboxylic acids is 1. The average molecular weight is 491 g/mol. The highest BCUT2D eigenvalue weighted by Gasteiger charge is 2.26. The van der Waals surface area contributed by atoms with E-state index < -0.39 is 0 Å². The van der Waals surface area contributed by atoms with Crippen molar-refractivity contribution in [2.45, 2.75) is 38.0 Å². The molecule has 1 aliphatic rings. The van der Waals surface area contributed by atoms with Crippen LogP contribution in [-0.2, 0) is 17.8 Å². The van der Waals surface area contributed by atoms with Gasteiger partial charge in [-0.3, -0.25) is 19.1 Å². The minimum atomic E-state index is -0.136. The fourth-order valence-electron chi connectivity index (χ4n) is 4.23. The smallest absolute Gasteiger partial charge is 0.267 e. The predicted molar refractivity (Wildman–Crippen MR) is 140 cm³/mol. The van der Waals surface area contributed by atoms with Gasteiger partial charge in [0, 0.05) is 29.7 Å². The summed E-state index contributed by atoms with van der Waals surface area (Å²) in [5.74, 6) is 0.0227. The molecule has 0 aliphatic carbocycles. The van der Waals surface area contributed by atoms with Crippen LogP contribution in [0.15, 0.2) is 70.6 Å². The molecule has 4 aromatic rings. The molecule has 0 unspecified atom stereocenters. The lowest BCUT2D eigenvalue weighted by atomic mass is 10.0. The summed E-state index contributed by atoms with van der Waals surface area (Å²) < 4.78 is 1.66. The molecule has 0 spiro atoms. The normalized spacial score (nSPS) is 13.9. The molecular weight excluding hydrogens is 464 g/mol. The number of nitrogens with zero attached hydrogens (tertiary/aromatic N) is 3. The standard InChI is InChI=1S/C26H26N4O2S2/c1-17(2)29-14-13-20-21(15-29)34-24-23(20)25(32)30(19-11-7-4-8-12-19)26(28-24)33-16-22(31)27-18-9-5-3-6-10-18/h3-12,17H,13-16H2,1-2H3,(H,27,31). The first-order valence-corrected chi connectivity index (χ1v) is 13.2. The summed E-state index contributed by atoms with van der Waals surface area (Å²) in [7, 11) is 0. The zero-order chi connectivity index (χ0) is 23.7. The van der Waals surface area contributed by atoms with E-state index >= 15 is 0 Å². The van der Waals surface area contributed by atoms with Crippen LogP contribution >= 0.6 is 23.1 Å². The van der Waals surface area contributed by atoms with Crippen molar-refractivity contribution in [3.05, 3.63) is 81.5 Å². The Hall–Kier alpha value is -2.94. The van der Waals surface area contributed by atoms with Crippen molar-refractivity contribution in [1.82, 2.24) is 14.5 Å². The number of carbonyl (C=O) groups is 1. The van der Waals surface area contributed by atoms with Crippen molar-refractivity contribution in [3.8, 4) is 5.69 Å². The Morgan fingerprint density at radius 1 is 1.12 bits per heavy atom.